The molecule has 10 heteroatoms. The van der Waals surface area contributed by atoms with E-state index < -0.39 is 43.4 Å². The van der Waals surface area contributed by atoms with Gasteiger partial charge in [0.15, 0.2) is 4.90 Å². The van der Waals surface area contributed by atoms with Crippen molar-refractivity contribution in [2.24, 2.45) is 5.92 Å². The topological polar surface area (TPSA) is 118 Å². The van der Waals surface area contributed by atoms with E-state index in [1.165, 1.54) is 18.2 Å². The summed E-state index contributed by atoms with van der Waals surface area (Å²) in [5.41, 5.74) is -0.161. The molecule has 0 heterocycles. The van der Waals surface area contributed by atoms with Crippen molar-refractivity contribution in [2.45, 2.75) is 24.8 Å². The van der Waals surface area contributed by atoms with E-state index in [1.807, 2.05) is 0 Å². The molecule has 0 saturated heterocycles. The highest BCUT2D eigenvalue weighted by atomic mass is 35.5. The summed E-state index contributed by atoms with van der Waals surface area (Å²) in [6.07, 6.45) is 0. The van der Waals surface area contributed by atoms with E-state index in [1.54, 1.807) is 32.0 Å². The van der Waals surface area contributed by atoms with Crippen LogP contribution in [-0.2, 0) is 14.8 Å². The van der Waals surface area contributed by atoms with Crippen LogP contribution in [0.4, 0.5) is 11.4 Å². The van der Waals surface area contributed by atoms with Gasteiger partial charge in [-0.15, -0.1) is 0 Å². The van der Waals surface area contributed by atoms with Gasteiger partial charge in [0, 0.05) is 16.8 Å². The van der Waals surface area contributed by atoms with Crippen molar-refractivity contribution < 1.29 is 18.1 Å². The monoisotopic (exact) mass is 411 g/mol. The fourth-order valence-corrected chi connectivity index (χ4v) is 4.05. The highest BCUT2D eigenvalue weighted by molar-refractivity contribution is 7.89. The van der Waals surface area contributed by atoms with Crippen LogP contribution in [0, 0.1) is 16.0 Å². The van der Waals surface area contributed by atoms with E-state index in [9.17, 15) is 23.3 Å². The summed E-state index contributed by atoms with van der Waals surface area (Å²) in [7, 11) is -4.30. The molecule has 0 aliphatic heterocycles. The number of nitro benzene ring substituents is 1. The highest BCUT2D eigenvalue weighted by Crippen LogP contribution is 2.24. The van der Waals surface area contributed by atoms with Gasteiger partial charge in [-0.2, -0.15) is 4.72 Å². The molecular formula is C17H18ClN3O5S. The Morgan fingerprint density at radius 3 is 2.41 bits per heavy atom. The molecule has 2 aromatic carbocycles. The van der Waals surface area contributed by atoms with E-state index in [0.29, 0.717) is 10.7 Å². The number of nitro groups is 1. The smallest absolute Gasteiger partial charge is 0.289 e. The molecule has 1 atom stereocenters. The molecule has 0 aromatic heterocycles. The quantitative estimate of drug-likeness (QED) is 0.535. The lowest BCUT2D eigenvalue weighted by Gasteiger charge is -2.21. The molecule has 0 aliphatic carbocycles. The first kappa shape index (κ1) is 20.8. The van der Waals surface area contributed by atoms with Gasteiger partial charge in [0.1, 0.15) is 6.04 Å². The third kappa shape index (κ3) is 5.25. The number of carbonyl (C=O) groups is 1. The summed E-state index contributed by atoms with van der Waals surface area (Å²) in [5.74, 6) is -1.02. The maximum atomic E-state index is 12.7. The molecule has 2 rings (SSSR count). The number of rotatable bonds is 7. The minimum Gasteiger partial charge on any atom is -0.325 e. The van der Waals surface area contributed by atoms with Gasteiger partial charge in [-0.3, -0.25) is 14.9 Å². The van der Waals surface area contributed by atoms with Gasteiger partial charge in [-0.1, -0.05) is 43.6 Å². The maximum absolute atomic E-state index is 12.7. The molecule has 2 aromatic rings. The second-order valence-corrected chi connectivity index (χ2v) is 8.19. The van der Waals surface area contributed by atoms with Crippen LogP contribution in [0.25, 0.3) is 0 Å². The van der Waals surface area contributed by atoms with Gasteiger partial charge in [-0.05, 0) is 30.2 Å². The Bertz CT molecular complexity index is 963. The molecular weight excluding hydrogens is 394 g/mol. The lowest BCUT2D eigenvalue weighted by molar-refractivity contribution is -0.387. The van der Waals surface area contributed by atoms with Gasteiger partial charge < -0.3 is 5.32 Å². The summed E-state index contributed by atoms with van der Waals surface area (Å²) < 4.78 is 27.6. The fraction of sp³-hybridized carbons (Fsp3) is 0.235. The van der Waals surface area contributed by atoms with E-state index in [2.05, 4.69) is 10.0 Å². The van der Waals surface area contributed by atoms with Crippen molar-refractivity contribution in [1.29, 1.82) is 0 Å². The Kier molecular flexibility index (Phi) is 6.53. The van der Waals surface area contributed by atoms with Crippen molar-refractivity contribution in [2.75, 3.05) is 5.32 Å². The van der Waals surface area contributed by atoms with E-state index in [4.69, 9.17) is 11.6 Å². The van der Waals surface area contributed by atoms with Crippen LogP contribution in [0.3, 0.4) is 0 Å². The summed E-state index contributed by atoms with van der Waals surface area (Å²) in [6.45, 7) is 3.31. The minimum absolute atomic E-state index is 0.406. The zero-order chi connectivity index (χ0) is 20.2. The van der Waals surface area contributed by atoms with Crippen molar-refractivity contribution in [3.8, 4) is 0 Å². The maximum Gasteiger partial charge on any atom is 0.289 e. The van der Waals surface area contributed by atoms with Gasteiger partial charge in [0.2, 0.25) is 15.9 Å². The number of nitrogens with zero attached hydrogens (tertiary/aromatic N) is 1. The van der Waals surface area contributed by atoms with Crippen LogP contribution in [0.2, 0.25) is 5.02 Å². The first-order chi connectivity index (χ1) is 12.6. The van der Waals surface area contributed by atoms with Crippen LogP contribution in [0.5, 0.6) is 0 Å². The zero-order valence-electron chi connectivity index (χ0n) is 14.5. The van der Waals surface area contributed by atoms with Crippen LogP contribution in [0.1, 0.15) is 13.8 Å². The number of sulfonamides is 1. The number of nitrogens with one attached hydrogen (secondary N) is 2. The Labute approximate surface area is 161 Å². The van der Waals surface area contributed by atoms with Crippen molar-refractivity contribution >= 4 is 38.9 Å². The summed E-state index contributed by atoms with van der Waals surface area (Å²) >= 11 is 5.88. The molecule has 1 amide bonds. The first-order valence-corrected chi connectivity index (χ1v) is 9.80. The number of carbonyl (C=O) groups excluding carboxylic acids is 1. The normalized spacial score (nSPS) is 12.6. The standard InChI is InChI=1S/C17H18ClN3O5S/c1-11(2)16(17(22)19-13-7-5-6-12(18)10-13)20-27(25,26)15-9-4-3-8-14(15)21(23)24/h3-11,16,20H,1-2H3,(H,19,22). The second-order valence-electron chi connectivity index (χ2n) is 6.07. The van der Waals surface area contributed by atoms with Crippen molar-refractivity contribution in [1.82, 2.24) is 4.72 Å². The predicted molar refractivity (Wildman–Crippen MR) is 102 cm³/mol. The Balaban J connectivity index is 2.30. The number of anilines is 1. The molecule has 0 fully saturated rings. The number of para-hydroxylation sites is 1. The fourth-order valence-electron chi connectivity index (χ4n) is 2.34. The number of amides is 1. The Morgan fingerprint density at radius 2 is 1.81 bits per heavy atom. The average Bonchev–Trinajstić information content (AvgIpc) is 2.59. The van der Waals surface area contributed by atoms with Crippen molar-refractivity contribution in [3.05, 3.63) is 63.7 Å². The SMILES string of the molecule is CC(C)C(NS(=O)(=O)c1ccccc1[N+](=O)[O-])C(=O)Nc1cccc(Cl)c1. The molecule has 1 unspecified atom stereocenters. The number of hydrogen-bond acceptors (Lipinski definition) is 5. The van der Waals surface area contributed by atoms with Gasteiger partial charge in [0.05, 0.1) is 4.92 Å². The molecule has 144 valence electrons. The summed E-state index contributed by atoms with van der Waals surface area (Å²) in [4.78, 5) is 22.4. The van der Waals surface area contributed by atoms with E-state index in [-0.39, 0.29) is 0 Å². The third-order valence-corrected chi connectivity index (χ3v) is 5.40. The van der Waals surface area contributed by atoms with Gasteiger partial charge >= 0.3 is 0 Å². The predicted octanol–water partition coefficient (Wildman–Crippen LogP) is 3.19. The van der Waals surface area contributed by atoms with E-state index in [0.717, 1.165) is 12.1 Å². The first-order valence-electron chi connectivity index (χ1n) is 7.94. The zero-order valence-corrected chi connectivity index (χ0v) is 16.1. The molecule has 0 aliphatic rings. The van der Waals surface area contributed by atoms with Crippen LogP contribution < -0.4 is 10.0 Å². The number of benzene rings is 2. The largest absolute Gasteiger partial charge is 0.325 e. The van der Waals surface area contributed by atoms with E-state index >= 15 is 0 Å². The molecule has 0 saturated carbocycles. The van der Waals surface area contributed by atoms with Gasteiger partial charge in [0.25, 0.3) is 5.69 Å². The number of hydrogen-bond donors (Lipinski definition) is 2. The Morgan fingerprint density at radius 1 is 1.15 bits per heavy atom. The molecule has 2 N–H and O–H groups in total. The molecule has 0 radical (unpaired) electrons. The minimum atomic E-state index is -4.30. The molecule has 8 nitrogen and oxygen atoms in total. The van der Waals surface area contributed by atoms with Crippen LogP contribution in [-0.4, -0.2) is 25.3 Å². The lowest BCUT2D eigenvalue weighted by atomic mass is 10.0. The molecule has 27 heavy (non-hydrogen) atoms. The molecule has 0 spiro atoms. The second kappa shape index (κ2) is 8.47. The van der Waals surface area contributed by atoms with Crippen LogP contribution >= 0.6 is 11.6 Å². The highest BCUT2D eigenvalue weighted by Gasteiger charge is 2.32. The lowest BCUT2D eigenvalue weighted by Crippen LogP contribution is -2.47. The molecule has 0 bridgehead atoms. The summed E-state index contributed by atoms with van der Waals surface area (Å²) in [6, 6.07) is 10.2. The third-order valence-electron chi connectivity index (χ3n) is 3.67. The van der Waals surface area contributed by atoms with Crippen molar-refractivity contribution in [3.63, 3.8) is 0 Å². The summed E-state index contributed by atoms with van der Waals surface area (Å²) in [5, 5.41) is 14.1. The average molecular weight is 412 g/mol. The number of halogens is 1. The van der Waals surface area contributed by atoms with Gasteiger partial charge in [-0.25, -0.2) is 8.42 Å². The van der Waals surface area contributed by atoms with Crippen LogP contribution in [0.15, 0.2) is 53.4 Å². The Hall–Kier alpha value is -2.49.